The molecule has 0 radical (unpaired) electrons. The lowest BCUT2D eigenvalue weighted by Gasteiger charge is -2.14. The molecule has 2 aromatic heterocycles. The van der Waals surface area contributed by atoms with Crippen LogP contribution in [0.25, 0.3) is 20.7 Å². The molecule has 0 saturated carbocycles. The first-order valence-corrected chi connectivity index (χ1v) is 16.7. The Labute approximate surface area is 251 Å². The summed E-state index contributed by atoms with van der Waals surface area (Å²) in [6, 6.07) is 14.6. The number of hydrogen-bond donors (Lipinski definition) is 1. The van der Waals surface area contributed by atoms with Crippen LogP contribution < -0.4 is 20.7 Å². The molecule has 0 unspecified atom stereocenters. The fourth-order valence-electron chi connectivity index (χ4n) is 4.37. The number of thioether (sulfide) groups is 1. The number of aromatic nitrogens is 2. The van der Waals surface area contributed by atoms with Crippen LogP contribution >= 0.6 is 23.1 Å². The zero-order valence-corrected chi connectivity index (χ0v) is 26.0. The van der Waals surface area contributed by atoms with E-state index >= 15 is 0 Å². The van der Waals surface area contributed by atoms with Gasteiger partial charge in [-0.2, -0.15) is 0 Å². The van der Waals surface area contributed by atoms with Crippen molar-refractivity contribution in [1.29, 1.82) is 0 Å². The Bertz CT molecular complexity index is 1810. The number of thiophene rings is 1. The summed E-state index contributed by atoms with van der Waals surface area (Å²) in [6.45, 7) is 1.12. The van der Waals surface area contributed by atoms with Gasteiger partial charge in [0.1, 0.15) is 17.1 Å². The molecule has 224 valence electrons. The summed E-state index contributed by atoms with van der Waals surface area (Å²) in [6.07, 6.45) is 2.95. The van der Waals surface area contributed by atoms with Crippen LogP contribution in [0.1, 0.15) is 18.1 Å². The molecule has 4 rings (SSSR count). The molecule has 14 heteroatoms. The molecule has 0 amide bonds. The molecule has 42 heavy (non-hydrogen) atoms. The quantitative estimate of drug-likeness (QED) is 0.134. The van der Waals surface area contributed by atoms with Crippen molar-refractivity contribution in [3.05, 3.63) is 80.5 Å². The van der Waals surface area contributed by atoms with E-state index < -0.39 is 33.8 Å². The number of fused-ring (bicyclic) bond motifs is 1. The lowest BCUT2D eigenvalue weighted by molar-refractivity contribution is -0.143. The van der Waals surface area contributed by atoms with Crippen molar-refractivity contribution >= 4 is 49.3 Å². The Morgan fingerprint density at radius 3 is 2.43 bits per heavy atom. The maximum atomic E-state index is 13.9. The van der Waals surface area contributed by atoms with Crippen molar-refractivity contribution in [2.75, 3.05) is 33.0 Å². The summed E-state index contributed by atoms with van der Waals surface area (Å²) < 4.78 is 44.5. The third kappa shape index (κ3) is 7.13. The van der Waals surface area contributed by atoms with Gasteiger partial charge in [-0.3, -0.25) is 14.2 Å². The van der Waals surface area contributed by atoms with Crippen LogP contribution in [0.5, 0.6) is 5.75 Å². The van der Waals surface area contributed by atoms with Crippen molar-refractivity contribution in [2.24, 2.45) is 0 Å². The van der Waals surface area contributed by atoms with Gasteiger partial charge in [0.05, 0.1) is 24.8 Å². The van der Waals surface area contributed by atoms with E-state index in [1.54, 1.807) is 31.2 Å². The minimum absolute atomic E-state index is 0.0650. The van der Waals surface area contributed by atoms with E-state index in [2.05, 4.69) is 4.72 Å². The number of methoxy groups -OCH3 is 1. The number of carbonyl (C=O) groups is 1. The number of carbonyl (C=O) groups excluding carboxylic acids is 1. The van der Waals surface area contributed by atoms with Crippen LogP contribution in [0.4, 0.5) is 0 Å². The second-order valence-electron chi connectivity index (χ2n) is 9.14. The van der Waals surface area contributed by atoms with E-state index in [4.69, 9.17) is 14.2 Å². The number of hydrogen-bond acceptors (Lipinski definition) is 10. The van der Waals surface area contributed by atoms with Crippen molar-refractivity contribution in [2.45, 2.75) is 31.5 Å². The zero-order chi connectivity index (χ0) is 30.4. The molecule has 2 aromatic carbocycles. The minimum atomic E-state index is -3.64. The van der Waals surface area contributed by atoms with Crippen LogP contribution in [0.2, 0.25) is 0 Å². The van der Waals surface area contributed by atoms with Gasteiger partial charge in [-0.25, -0.2) is 22.5 Å². The lowest BCUT2D eigenvalue weighted by atomic mass is 10.1. The molecular weight excluding hydrogens is 603 g/mol. The first-order chi connectivity index (χ1) is 20.1. The van der Waals surface area contributed by atoms with Gasteiger partial charge in [0.2, 0.25) is 10.0 Å². The molecule has 0 spiro atoms. The van der Waals surface area contributed by atoms with Gasteiger partial charge in [-0.05, 0) is 54.6 Å². The highest BCUT2D eigenvalue weighted by molar-refractivity contribution is 7.98. The molecule has 1 N–H and O–H groups in total. The number of nitrogens with one attached hydrogen (secondary N) is 1. The third-order valence-corrected chi connectivity index (χ3v) is 9.05. The Kier molecular flexibility index (Phi) is 10.3. The largest absolute Gasteiger partial charge is 0.468 e. The normalized spacial score (nSPS) is 11.6. The van der Waals surface area contributed by atoms with E-state index in [1.165, 1.54) is 34.8 Å². The van der Waals surface area contributed by atoms with Gasteiger partial charge in [-0.1, -0.05) is 18.2 Å². The van der Waals surface area contributed by atoms with Crippen molar-refractivity contribution in [1.82, 2.24) is 13.9 Å². The summed E-state index contributed by atoms with van der Waals surface area (Å²) in [4.78, 5) is 42.1. The lowest BCUT2D eigenvalue weighted by Crippen LogP contribution is -2.42. The highest BCUT2D eigenvalue weighted by atomic mass is 32.2. The second-order valence-corrected chi connectivity index (χ2v) is 12.8. The summed E-state index contributed by atoms with van der Waals surface area (Å²) >= 11 is 2.72. The van der Waals surface area contributed by atoms with Crippen molar-refractivity contribution < 1.29 is 27.4 Å². The third-order valence-electron chi connectivity index (χ3n) is 6.24. The molecule has 0 saturated heterocycles. The molecule has 0 aliphatic carbocycles. The summed E-state index contributed by atoms with van der Waals surface area (Å²) in [5, 5.41) is 0.149. The summed E-state index contributed by atoms with van der Waals surface area (Å²) in [5.74, 6) is -0.176. The highest BCUT2D eigenvalue weighted by Crippen LogP contribution is 2.38. The molecule has 2 heterocycles. The van der Waals surface area contributed by atoms with Gasteiger partial charge in [0.15, 0.2) is 6.79 Å². The van der Waals surface area contributed by atoms with Crippen LogP contribution in [0.15, 0.2) is 63.0 Å². The number of benzene rings is 2. The van der Waals surface area contributed by atoms with E-state index in [1.807, 2.05) is 30.5 Å². The van der Waals surface area contributed by atoms with E-state index in [-0.39, 0.29) is 31.9 Å². The van der Waals surface area contributed by atoms with Crippen LogP contribution in [0, 0.1) is 0 Å². The maximum absolute atomic E-state index is 13.9. The van der Waals surface area contributed by atoms with Gasteiger partial charge in [0, 0.05) is 29.0 Å². The van der Waals surface area contributed by atoms with Gasteiger partial charge in [-0.15, -0.1) is 23.1 Å². The van der Waals surface area contributed by atoms with E-state index in [0.717, 1.165) is 21.3 Å². The number of sulfonamides is 1. The molecular formula is C28H31N3O8S3. The molecule has 4 aromatic rings. The summed E-state index contributed by atoms with van der Waals surface area (Å²) in [5.41, 5.74) is 0.548. The molecule has 0 fully saturated rings. The van der Waals surface area contributed by atoms with Crippen molar-refractivity contribution in [3.8, 4) is 16.2 Å². The Morgan fingerprint density at radius 1 is 1.07 bits per heavy atom. The van der Waals surface area contributed by atoms with E-state index in [0.29, 0.717) is 26.6 Å². The standard InChI is InChI=1S/C28H31N3O8S3/c1-5-38-23(32)16-30-26(33)24-21(14-29-42(4,35)36)25(18-10-12-20(13-11-18)39-17-37-2)41-27(24)31(28(30)34)15-19-8-6-7-9-22(19)40-3/h6-13,29H,5,14-17H2,1-4H3. The number of nitrogens with zero attached hydrogens (tertiary/aromatic N) is 2. The maximum Gasteiger partial charge on any atom is 0.332 e. The van der Waals surface area contributed by atoms with Crippen molar-refractivity contribution in [3.63, 3.8) is 0 Å². The second kappa shape index (κ2) is 13.7. The average molecular weight is 634 g/mol. The number of esters is 1. The van der Waals surface area contributed by atoms with Crippen LogP contribution in [-0.2, 0) is 43.9 Å². The van der Waals surface area contributed by atoms with Gasteiger partial charge >= 0.3 is 11.7 Å². The molecule has 0 bridgehead atoms. The molecule has 0 atom stereocenters. The van der Waals surface area contributed by atoms with Gasteiger partial charge in [0.25, 0.3) is 5.56 Å². The Hall–Kier alpha value is -3.43. The number of ether oxygens (including phenoxy) is 3. The Morgan fingerprint density at radius 2 is 1.79 bits per heavy atom. The first-order valence-electron chi connectivity index (χ1n) is 12.8. The molecule has 0 aliphatic heterocycles. The topological polar surface area (TPSA) is 135 Å². The zero-order valence-electron chi connectivity index (χ0n) is 23.5. The average Bonchev–Trinajstić information content (AvgIpc) is 3.35. The Balaban J connectivity index is 2.02. The monoisotopic (exact) mass is 633 g/mol. The predicted octanol–water partition coefficient (Wildman–Crippen LogP) is 3.26. The molecule has 11 nitrogen and oxygen atoms in total. The van der Waals surface area contributed by atoms with Gasteiger partial charge < -0.3 is 14.2 Å². The SMILES string of the molecule is CCOC(=O)Cn1c(=O)c2c(CNS(C)(=O)=O)c(-c3ccc(OCOC)cc3)sc2n(Cc2ccccc2SC)c1=O. The van der Waals surface area contributed by atoms with Crippen LogP contribution in [0.3, 0.4) is 0 Å². The molecule has 0 aliphatic rings. The predicted molar refractivity (Wildman–Crippen MR) is 164 cm³/mol. The minimum Gasteiger partial charge on any atom is -0.468 e. The number of rotatable bonds is 13. The summed E-state index contributed by atoms with van der Waals surface area (Å²) in [7, 11) is -2.13. The smallest absolute Gasteiger partial charge is 0.332 e. The highest BCUT2D eigenvalue weighted by Gasteiger charge is 2.25. The first kappa shape index (κ1) is 31.5. The fourth-order valence-corrected chi connectivity index (χ4v) is 6.70. The van der Waals surface area contributed by atoms with Crippen LogP contribution in [-0.4, -0.2) is 56.5 Å². The van der Waals surface area contributed by atoms with E-state index in [9.17, 15) is 22.8 Å². The fraction of sp³-hybridized carbons (Fsp3) is 0.321.